The molecule has 3 amide bonds. The van der Waals surface area contributed by atoms with Crippen molar-refractivity contribution in [3.05, 3.63) is 78.4 Å². The van der Waals surface area contributed by atoms with E-state index in [9.17, 15) is 31.5 Å². The van der Waals surface area contributed by atoms with Gasteiger partial charge in [0.05, 0.1) is 17.1 Å². The molecule has 0 saturated carbocycles. The number of amidine groups is 1. The van der Waals surface area contributed by atoms with Gasteiger partial charge in [-0.25, -0.2) is 4.79 Å². The third-order valence-corrected chi connectivity index (χ3v) is 7.57. The maximum absolute atomic E-state index is 13.2. The number of carbonyl (C=O) groups excluding carboxylic acids is 2. The molecule has 46 heavy (non-hydrogen) atoms. The van der Waals surface area contributed by atoms with Crippen molar-refractivity contribution in [1.82, 2.24) is 14.8 Å². The molecule has 0 spiro atoms. The summed E-state index contributed by atoms with van der Waals surface area (Å²) in [5, 5.41) is 10.2. The second-order valence-corrected chi connectivity index (χ2v) is 11.1. The van der Waals surface area contributed by atoms with Gasteiger partial charge in [0.2, 0.25) is 11.9 Å². The van der Waals surface area contributed by atoms with E-state index in [1.807, 2.05) is 38.1 Å². The average Bonchev–Trinajstić information content (AvgIpc) is 3.60. The molecule has 240 valence electrons. The first-order chi connectivity index (χ1) is 21.8. The summed E-state index contributed by atoms with van der Waals surface area (Å²) in [6.45, 7) is 4.03. The lowest BCUT2D eigenvalue weighted by atomic mass is 10.0. The summed E-state index contributed by atoms with van der Waals surface area (Å²) in [5.41, 5.74) is 2.92. The van der Waals surface area contributed by atoms with Gasteiger partial charge in [0, 0.05) is 18.3 Å². The Morgan fingerprint density at radius 1 is 1.00 bits per heavy atom. The number of hydrogen-bond donors (Lipinski definition) is 2. The number of alkyl halides is 5. The molecular formula is C30H26F5N7O3S. The van der Waals surface area contributed by atoms with E-state index in [-0.39, 0.29) is 34.5 Å². The maximum Gasteiger partial charge on any atom is 0.499 e. The van der Waals surface area contributed by atoms with Gasteiger partial charge >= 0.3 is 18.3 Å². The van der Waals surface area contributed by atoms with Crippen LogP contribution >= 0.6 is 11.8 Å². The van der Waals surface area contributed by atoms with Gasteiger partial charge < -0.3 is 15.4 Å². The molecule has 1 aromatic heterocycles. The van der Waals surface area contributed by atoms with Crippen molar-refractivity contribution in [3.8, 4) is 22.8 Å². The Morgan fingerprint density at radius 3 is 2.30 bits per heavy atom. The molecule has 4 aromatic rings. The molecule has 0 aliphatic carbocycles. The van der Waals surface area contributed by atoms with Crippen LogP contribution in [-0.4, -0.2) is 57.0 Å². The van der Waals surface area contributed by atoms with E-state index in [1.165, 1.54) is 33.5 Å². The van der Waals surface area contributed by atoms with Crippen molar-refractivity contribution in [1.29, 1.82) is 0 Å². The number of aliphatic imine (C=N–C) groups is 1. The van der Waals surface area contributed by atoms with Crippen LogP contribution < -0.4 is 20.3 Å². The van der Waals surface area contributed by atoms with E-state index in [1.54, 1.807) is 31.3 Å². The van der Waals surface area contributed by atoms with Gasteiger partial charge in [0.1, 0.15) is 5.75 Å². The zero-order valence-electron chi connectivity index (χ0n) is 24.5. The molecule has 16 heteroatoms. The number of hydrogen-bond acceptors (Lipinski definition) is 7. The number of rotatable bonds is 8. The Bertz CT molecular complexity index is 1770. The average molecular weight is 660 g/mol. The molecular weight excluding hydrogens is 633 g/mol. The van der Waals surface area contributed by atoms with Crippen LogP contribution in [-0.2, 0) is 4.79 Å². The third kappa shape index (κ3) is 6.80. The summed E-state index contributed by atoms with van der Waals surface area (Å²) in [6.07, 6.45) is -11.2. The Labute approximate surface area is 263 Å². The number of amides is 3. The lowest BCUT2D eigenvalue weighted by molar-refractivity contribution is -0.360. The van der Waals surface area contributed by atoms with Gasteiger partial charge in [-0.05, 0) is 66.1 Å². The fraction of sp³-hybridized carbons (Fsp3) is 0.233. The Balaban J connectivity index is 1.30. The molecule has 2 N–H and O–H groups in total. The normalized spacial score (nSPS) is 14.7. The Kier molecular flexibility index (Phi) is 9.01. The molecule has 10 nitrogen and oxygen atoms in total. The van der Waals surface area contributed by atoms with Crippen molar-refractivity contribution in [2.24, 2.45) is 4.99 Å². The minimum absolute atomic E-state index is 0.149. The Hall–Kier alpha value is -4.99. The first-order valence-electron chi connectivity index (χ1n) is 13.7. The third-order valence-electron chi connectivity index (χ3n) is 6.64. The molecule has 5 rings (SSSR count). The van der Waals surface area contributed by atoms with Crippen LogP contribution in [0.15, 0.2) is 77.8 Å². The summed E-state index contributed by atoms with van der Waals surface area (Å²) in [4.78, 5) is 35.6. The highest BCUT2D eigenvalue weighted by Gasteiger charge is 2.61. The lowest BCUT2D eigenvalue weighted by Crippen LogP contribution is -2.41. The molecule has 0 bridgehead atoms. The molecule has 0 radical (unpaired) electrons. The van der Waals surface area contributed by atoms with Crippen molar-refractivity contribution < 1.29 is 36.3 Å². The van der Waals surface area contributed by atoms with Gasteiger partial charge in [-0.3, -0.25) is 9.69 Å². The van der Waals surface area contributed by atoms with E-state index in [0.717, 1.165) is 17.7 Å². The van der Waals surface area contributed by atoms with Gasteiger partial charge in [-0.15, -0.1) is 5.10 Å². The van der Waals surface area contributed by atoms with E-state index < -0.39 is 24.1 Å². The minimum atomic E-state index is -5.87. The predicted molar refractivity (Wildman–Crippen MR) is 165 cm³/mol. The standard InChI is InChI=1S/C30H26F5N7O3S/c1-17(2)22-6-4-5-7-23(22)41-24(43)16-46-28(41)39-27(44)37-19-10-8-18(9-11-19)25-38-26(36-3)42(40-25)20-12-14-21(15-13-20)45-30(34,35)29(31,32)33/h4-15,17H,16H2,1-3H3,(H,37,44)(H,36,38,40). The van der Waals surface area contributed by atoms with Crippen molar-refractivity contribution >= 4 is 46.2 Å². The van der Waals surface area contributed by atoms with Gasteiger partial charge in [0.15, 0.2) is 11.0 Å². The fourth-order valence-electron chi connectivity index (χ4n) is 4.44. The number of ether oxygens (including phenoxy) is 1. The zero-order chi connectivity index (χ0) is 33.2. The number of nitrogens with one attached hydrogen (secondary N) is 2. The van der Waals surface area contributed by atoms with Gasteiger partial charge in [-0.2, -0.15) is 36.6 Å². The highest BCUT2D eigenvalue weighted by Crippen LogP contribution is 2.38. The maximum atomic E-state index is 13.2. The number of para-hydroxylation sites is 1. The van der Waals surface area contributed by atoms with Crippen LogP contribution in [0.3, 0.4) is 0 Å². The van der Waals surface area contributed by atoms with Gasteiger partial charge in [0.25, 0.3) is 0 Å². The molecule has 1 aliphatic rings. The summed E-state index contributed by atoms with van der Waals surface area (Å²) in [5.74, 6) is -0.0409. The molecule has 0 atom stereocenters. The van der Waals surface area contributed by atoms with Crippen LogP contribution in [0, 0.1) is 0 Å². The number of benzene rings is 3. The molecule has 1 fully saturated rings. The predicted octanol–water partition coefficient (Wildman–Crippen LogP) is 7.30. The number of anilines is 3. The lowest BCUT2D eigenvalue weighted by Gasteiger charge is -2.21. The SMILES string of the molecule is CNc1nc(-c2ccc(NC(=O)N=C3SCC(=O)N3c3ccccc3C(C)C)cc2)nn1-c1ccc(OC(F)(F)C(F)(F)F)cc1. The first-order valence-corrected chi connectivity index (χ1v) is 14.7. The molecule has 3 aromatic carbocycles. The first kappa shape index (κ1) is 32.4. The van der Waals surface area contributed by atoms with Crippen LogP contribution in [0.1, 0.15) is 25.3 Å². The monoisotopic (exact) mass is 659 g/mol. The van der Waals surface area contributed by atoms with E-state index in [0.29, 0.717) is 22.6 Å². The number of urea groups is 1. The second kappa shape index (κ2) is 12.8. The summed E-state index contributed by atoms with van der Waals surface area (Å²) in [6, 6.07) is 17.7. The van der Waals surface area contributed by atoms with Gasteiger partial charge in [-0.1, -0.05) is 43.8 Å². The summed E-state index contributed by atoms with van der Waals surface area (Å²) >= 11 is 1.18. The highest BCUT2D eigenvalue weighted by atomic mass is 32.2. The zero-order valence-corrected chi connectivity index (χ0v) is 25.3. The van der Waals surface area contributed by atoms with Crippen molar-refractivity contribution in [2.45, 2.75) is 32.1 Å². The topological polar surface area (TPSA) is 114 Å². The molecule has 0 unspecified atom stereocenters. The number of halogens is 5. The van der Waals surface area contributed by atoms with Crippen LogP contribution in [0.2, 0.25) is 0 Å². The van der Waals surface area contributed by atoms with Crippen LogP contribution in [0.4, 0.5) is 44.1 Å². The number of nitrogens with zero attached hydrogens (tertiary/aromatic N) is 5. The van der Waals surface area contributed by atoms with Crippen LogP contribution in [0.25, 0.3) is 17.1 Å². The second-order valence-electron chi connectivity index (χ2n) is 10.2. The van der Waals surface area contributed by atoms with Crippen LogP contribution in [0.5, 0.6) is 5.75 Å². The highest BCUT2D eigenvalue weighted by molar-refractivity contribution is 8.15. The van der Waals surface area contributed by atoms with E-state index >= 15 is 0 Å². The summed E-state index contributed by atoms with van der Waals surface area (Å²) < 4.78 is 69.1. The number of thioether (sulfide) groups is 1. The smallest absolute Gasteiger partial charge is 0.426 e. The van der Waals surface area contributed by atoms with Crippen molar-refractivity contribution in [3.63, 3.8) is 0 Å². The summed E-state index contributed by atoms with van der Waals surface area (Å²) in [7, 11) is 1.57. The Morgan fingerprint density at radius 2 is 1.67 bits per heavy atom. The number of aromatic nitrogens is 3. The molecule has 1 saturated heterocycles. The van der Waals surface area contributed by atoms with Crippen molar-refractivity contribution in [2.75, 3.05) is 28.3 Å². The quantitative estimate of drug-likeness (QED) is 0.191. The fourth-order valence-corrected chi connectivity index (χ4v) is 5.30. The van der Waals surface area contributed by atoms with E-state index in [2.05, 4.69) is 30.4 Å². The largest absolute Gasteiger partial charge is 0.499 e. The van der Waals surface area contributed by atoms with E-state index in [4.69, 9.17) is 0 Å². The minimum Gasteiger partial charge on any atom is -0.426 e. The molecule has 2 heterocycles. The molecule has 1 aliphatic heterocycles. The number of carbonyl (C=O) groups is 2.